The molecule has 0 saturated carbocycles. The minimum atomic E-state index is -0.130. The highest BCUT2D eigenvalue weighted by molar-refractivity contribution is 5.95. The summed E-state index contributed by atoms with van der Waals surface area (Å²) in [5.41, 5.74) is 4.01. The number of H-pyrrole nitrogens is 1. The van der Waals surface area contributed by atoms with Crippen LogP contribution in [0, 0.1) is 6.92 Å². The zero-order valence-electron chi connectivity index (χ0n) is 18.3. The van der Waals surface area contributed by atoms with Gasteiger partial charge in [0.2, 0.25) is 5.91 Å². The molecule has 11 nitrogen and oxygen atoms in total. The number of nitrogens with one attached hydrogen (secondary N) is 2. The Bertz CT molecular complexity index is 1470. The topological polar surface area (TPSA) is 128 Å². The Morgan fingerprint density at radius 3 is 2.88 bits per heavy atom. The molecule has 6 rings (SSSR count). The summed E-state index contributed by atoms with van der Waals surface area (Å²) in [6.45, 7) is 3.13. The van der Waals surface area contributed by atoms with Crippen LogP contribution in [0.5, 0.6) is 5.75 Å². The van der Waals surface area contributed by atoms with Crippen molar-refractivity contribution < 1.29 is 9.53 Å². The number of rotatable bonds is 6. The smallest absolute Gasteiger partial charge is 0.226 e. The molecule has 1 amide bonds. The second kappa shape index (κ2) is 8.10. The molecule has 1 atom stereocenters. The first-order valence-corrected chi connectivity index (χ1v) is 10.9. The molecule has 0 saturated heterocycles. The van der Waals surface area contributed by atoms with Gasteiger partial charge < -0.3 is 15.0 Å². The maximum Gasteiger partial charge on any atom is 0.226 e. The number of benzene rings is 1. The van der Waals surface area contributed by atoms with Gasteiger partial charge >= 0.3 is 0 Å². The van der Waals surface area contributed by atoms with E-state index in [0.717, 1.165) is 22.6 Å². The van der Waals surface area contributed by atoms with E-state index in [2.05, 4.69) is 30.4 Å². The number of nitrogens with zero attached hydrogens (tertiary/aromatic N) is 7. The summed E-state index contributed by atoms with van der Waals surface area (Å²) in [6, 6.07) is 9.76. The molecule has 34 heavy (non-hydrogen) atoms. The molecule has 2 N–H and O–H groups in total. The maximum absolute atomic E-state index is 12.7. The number of anilines is 1. The van der Waals surface area contributed by atoms with Crippen LogP contribution in [-0.4, -0.2) is 52.0 Å². The highest BCUT2D eigenvalue weighted by atomic mass is 16.5. The number of amides is 1. The number of carbonyl (C=O) groups is 1. The van der Waals surface area contributed by atoms with E-state index >= 15 is 0 Å². The Hall–Kier alpha value is -4.54. The quantitative estimate of drug-likeness (QED) is 0.403. The van der Waals surface area contributed by atoms with Crippen molar-refractivity contribution in [2.75, 3.05) is 11.9 Å². The zero-order chi connectivity index (χ0) is 23.1. The molecule has 0 radical (unpaired) electrons. The molecular formula is C23H21N9O2. The third-order valence-corrected chi connectivity index (χ3v) is 5.94. The monoisotopic (exact) mass is 455 g/mol. The van der Waals surface area contributed by atoms with Gasteiger partial charge in [0.05, 0.1) is 18.6 Å². The predicted octanol–water partition coefficient (Wildman–Crippen LogP) is 2.60. The SMILES string of the molecule is Cc1nn(-c2ncnc3nc[nH]c23)c2c1C(c1ccc(OCCn3cccn3)cc1)CC(=O)N2. The summed E-state index contributed by atoms with van der Waals surface area (Å²) < 4.78 is 9.33. The van der Waals surface area contributed by atoms with Gasteiger partial charge in [-0.15, -0.1) is 0 Å². The van der Waals surface area contributed by atoms with Crippen molar-refractivity contribution in [1.29, 1.82) is 0 Å². The van der Waals surface area contributed by atoms with Crippen LogP contribution in [0.25, 0.3) is 17.0 Å². The van der Waals surface area contributed by atoms with Crippen LogP contribution >= 0.6 is 0 Å². The molecule has 5 heterocycles. The van der Waals surface area contributed by atoms with Crippen LogP contribution in [0.3, 0.4) is 0 Å². The summed E-state index contributed by atoms with van der Waals surface area (Å²) >= 11 is 0. The van der Waals surface area contributed by atoms with Crippen molar-refractivity contribution in [1.82, 2.24) is 39.5 Å². The van der Waals surface area contributed by atoms with Gasteiger partial charge in [-0.25, -0.2) is 15.0 Å². The minimum Gasteiger partial charge on any atom is -0.492 e. The van der Waals surface area contributed by atoms with Crippen molar-refractivity contribution in [3.05, 3.63) is 72.2 Å². The average molecular weight is 455 g/mol. The first-order valence-electron chi connectivity index (χ1n) is 10.9. The molecule has 0 fully saturated rings. The van der Waals surface area contributed by atoms with Gasteiger partial charge in [-0.1, -0.05) is 12.1 Å². The molecule has 11 heteroatoms. The Kier molecular flexibility index (Phi) is 4.79. The van der Waals surface area contributed by atoms with E-state index in [1.165, 1.54) is 6.33 Å². The average Bonchev–Trinajstić information content (AvgIpc) is 3.60. The van der Waals surface area contributed by atoms with Gasteiger partial charge in [-0.3, -0.25) is 9.48 Å². The maximum atomic E-state index is 12.7. The molecule has 1 unspecified atom stereocenters. The van der Waals surface area contributed by atoms with Gasteiger partial charge in [0.25, 0.3) is 0 Å². The fourth-order valence-electron chi connectivity index (χ4n) is 4.38. The Balaban J connectivity index is 1.30. The number of aromatic nitrogens is 8. The lowest BCUT2D eigenvalue weighted by molar-refractivity contribution is -0.116. The number of carbonyl (C=O) groups excluding carboxylic acids is 1. The van der Waals surface area contributed by atoms with Crippen molar-refractivity contribution >= 4 is 22.9 Å². The highest BCUT2D eigenvalue weighted by Gasteiger charge is 2.33. The number of imidazole rings is 1. The molecule has 5 aromatic rings. The summed E-state index contributed by atoms with van der Waals surface area (Å²) in [6.07, 6.45) is 6.98. The second-order valence-corrected chi connectivity index (χ2v) is 8.05. The summed E-state index contributed by atoms with van der Waals surface area (Å²) in [5.74, 6) is 1.72. The van der Waals surface area contributed by atoms with Gasteiger partial charge in [-0.2, -0.15) is 14.9 Å². The number of aromatic amines is 1. The highest BCUT2D eigenvalue weighted by Crippen LogP contribution is 2.40. The van der Waals surface area contributed by atoms with E-state index in [0.29, 0.717) is 42.4 Å². The summed E-state index contributed by atoms with van der Waals surface area (Å²) in [4.78, 5) is 28.5. The zero-order valence-corrected chi connectivity index (χ0v) is 18.3. The lowest BCUT2D eigenvalue weighted by Gasteiger charge is -2.24. The van der Waals surface area contributed by atoms with Crippen molar-refractivity contribution in [2.24, 2.45) is 0 Å². The van der Waals surface area contributed by atoms with Crippen LogP contribution in [0.2, 0.25) is 0 Å². The number of aryl methyl sites for hydroxylation is 1. The molecule has 170 valence electrons. The van der Waals surface area contributed by atoms with Crippen LogP contribution in [0.4, 0.5) is 5.82 Å². The van der Waals surface area contributed by atoms with E-state index in [1.54, 1.807) is 17.2 Å². The van der Waals surface area contributed by atoms with Crippen molar-refractivity contribution in [3.63, 3.8) is 0 Å². The molecule has 1 aliphatic heterocycles. The van der Waals surface area contributed by atoms with Gasteiger partial charge in [0.15, 0.2) is 11.5 Å². The first-order chi connectivity index (χ1) is 16.7. The number of hydrogen-bond donors (Lipinski definition) is 2. The standard InChI is InChI=1S/C23H21N9O2/c1-14-19-17(15-3-5-16(6-4-15)34-10-9-31-8-2-7-28-31)11-18(33)29-22(19)32(30-14)23-20-21(25-12-24-20)26-13-27-23/h2-8,12-13,17H,9-11H2,1H3,(H,29,33)(H,24,25,26,27). The third kappa shape index (κ3) is 3.47. The van der Waals surface area contributed by atoms with E-state index in [4.69, 9.17) is 9.84 Å². The Labute approximate surface area is 193 Å². The Morgan fingerprint density at radius 2 is 2.06 bits per heavy atom. The minimum absolute atomic E-state index is 0.0758. The molecule has 0 spiro atoms. The largest absolute Gasteiger partial charge is 0.492 e. The second-order valence-electron chi connectivity index (χ2n) is 8.05. The molecular weight excluding hydrogens is 434 g/mol. The van der Waals surface area contributed by atoms with Gasteiger partial charge in [0, 0.05) is 30.3 Å². The van der Waals surface area contributed by atoms with E-state index in [-0.39, 0.29) is 11.8 Å². The van der Waals surface area contributed by atoms with E-state index in [9.17, 15) is 4.79 Å². The molecule has 1 aliphatic rings. The first kappa shape index (κ1) is 20.1. The van der Waals surface area contributed by atoms with Crippen LogP contribution < -0.4 is 10.1 Å². The lowest BCUT2D eigenvalue weighted by atomic mass is 9.86. The van der Waals surface area contributed by atoms with Crippen molar-refractivity contribution in [3.8, 4) is 11.6 Å². The third-order valence-electron chi connectivity index (χ3n) is 5.94. The molecule has 0 bridgehead atoms. The van der Waals surface area contributed by atoms with E-state index in [1.807, 2.05) is 48.1 Å². The molecule has 1 aromatic carbocycles. The van der Waals surface area contributed by atoms with Crippen LogP contribution in [-0.2, 0) is 11.3 Å². The van der Waals surface area contributed by atoms with E-state index < -0.39 is 0 Å². The molecule has 4 aromatic heterocycles. The summed E-state index contributed by atoms with van der Waals surface area (Å²) in [5, 5.41) is 11.9. The number of fused-ring (bicyclic) bond motifs is 2. The normalized spacial score (nSPS) is 15.3. The predicted molar refractivity (Wildman–Crippen MR) is 123 cm³/mol. The van der Waals surface area contributed by atoms with Gasteiger partial charge in [0.1, 0.15) is 30.0 Å². The lowest BCUT2D eigenvalue weighted by Crippen LogP contribution is -2.25. The fourth-order valence-corrected chi connectivity index (χ4v) is 4.38. The van der Waals surface area contributed by atoms with Crippen molar-refractivity contribution in [2.45, 2.75) is 25.8 Å². The van der Waals surface area contributed by atoms with Crippen LogP contribution in [0.1, 0.15) is 29.2 Å². The fraction of sp³-hybridized carbons (Fsp3) is 0.217. The van der Waals surface area contributed by atoms with Crippen LogP contribution in [0.15, 0.2) is 55.4 Å². The van der Waals surface area contributed by atoms with Gasteiger partial charge in [-0.05, 0) is 30.7 Å². The number of hydrogen-bond acceptors (Lipinski definition) is 7. The Morgan fingerprint density at radius 1 is 1.18 bits per heavy atom. The number of ether oxygens (including phenoxy) is 1. The molecule has 0 aliphatic carbocycles. The summed E-state index contributed by atoms with van der Waals surface area (Å²) in [7, 11) is 0.